The summed E-state index contributed by atoms with van der Waals surface area (Å²) >= 11 is 0. The summed E-state index contributed by atoms with van der Waals surface area (Å²) in [4.78, 5) is 10.6. The lowest BCUT2D eigenvalue weighted by atomic mass is 9.82. The van der Waals surface area contributed by atoms with Gasteiger partial charge in [-0.3, -0.25) is 0 Å². The summed E-state index contributed by atoms with van der Waals surface area (Å²) in [6.45, 7) is 3.49. The van der Waals surface area contributed by atoms with Crippen molar-refractivity contribution in [2.75, 3.05) is 13.2 Å². The van der Waals surface area contributed by atoms with Crippen LogP contribution in [-0.4, -0.2) is 34.5 Å². The topological polar surface area (TPSA) is 87.0 Å². The average molecular weight is 280 g/mol. The van der Waals surface area contributed by atoms with E-state index in [-0.39, 0.29) is 13.2 Å². The molecule has 5 nitrogen and oxygen atoms in total. The molecule has 110 valence electrons. The average Bonchev–Trinajstić information content (AvgIpc) is 2.42. The maximum atomic E-state index is 10.6. The molecule has 1 rings (SSSR count). The smallest absolute Gasteiger partial charge is 0.327 e. The summed E-state index contributed by atoms with van der Waals surface area (Å²) in [5.74, 6) is -0.582. The van der Waals surface area contributed by atoms with Gasteiger partial charge in [-0.1, -0.05) is 38.1 Å². The van der Waals surface area contributed by atoms with Gasteiger partial charge in [0.1, 0.15) is 12.4 Å². The Kier molecular flexibility index (Phi) is 5.73. The number of aliphatic hydroxyl groups excluding tert-OH is 2. The van der Waals surface area contributed by atoms with Crippen LogP contribution >= 0.6 is 0 Å². The number of hydrogen-bond donors (Lipinski definition) is 3. The van der Waals surface area contributed by atoms with Gasteiger partial charge in [-0.25, -0.2) is 4.79 Å². The van der Waals surface area contributed by atoms with E-state index in [1.165, 1.54) is 6.08 Å². The quantitative estimate of drug-likeness (QED) is 0.662. The maximum Gasteiger partial charge on any atom is 0.327 e. The van der Waals surface area contributed by atoms with Gasteiger partial charge in [0.05, 0.1) is 12.7 Å². The Hall–Kier alpha value is -1.85. The van der Waals surface area contributed by atoms with Crippen molar-refractivity contribution < 1.29 is 24.9 Å². The van der Waals surface area contributed by atoms with Crippen LogP contribution in [0.25, 0.3) is 0 Å². The molecule has 0 bridgehead atoms. The molecule has 1 aromatic carbocycles. The van der Waals surface area contributed by atoms with E-state index in [4.69, 9.17) is 14.9 Å². The number of carbonyl (C=O) groups is 1. The molecule has 0 heterocycles. The third-order valence-electron chi connectivity index (χ3n) is 2.92. The van der Waals surface area contributed by atoms with Crippen molar-refractivity contribution in [1.29, 1.82) is 0 Å². The molecule has 0 saturated heterocycles. The highest BCUT2D eigenvalue weighted by Crippen LogP contribution is 2.38. The fourth-order valence-electron chi connectivity index (χ4n) is 1.77. The van der Waals surface area contributed by atoms with Crippen LogP contribution < -0.4 is 4.74 Å². The molecule has 1 aromatic rings. The standard InChI is InChI=1S/C15H20O5/c1-15(2,8-7-13(17)18)14(19)11-5-3-4-6-12(11)20-10-9-16/h3-8,14,16,19H,9-10H2,1-2H3,(H,17,18)/b8-7+/t14-/m0/s1. The Morgan fingerprint density at radius 1 is 1.40 bits per heavy atom. The first-order valence-electron chi connectivity index (χ1n) is 6.31. The van der Waals surface area contributed by atoms with E-state index in [2.05, 4.69) is 0 Å². The predicted octanol–water partition coefficient (Wildman–Crippen LogP) is 1.76. The Balaban J connectivity index is 3.01. The number of ether oxygens (including phenoxy) is 1. The molecule has 20 heavy (non-hydrogen) atoms. The second kappa shape index (κ2) is 7.07. The minimum Gasteiger partial charge on any atom is -0.491 e. The normalized spacial score (nSPS) is 13.4. The van der Waals surface area contributed by atoms with Crippen molar-refractivity contribution in [1.82, 2.24) is 0 Å². The molecular formula is C15H20O5. The van der Waals surface area contributed by atoms with E-state index in [1.807, 2.05) is 0 Å². The van der Waals surface area contributed by atoms with Crippen LogP contribution in [0.5, 0.6) is 5.75 Å². The number of aliphatic hydroxyl groups is 2. The highest BCUT2D eigenvalue weighted by Gasteiger charge is 2.29. The molecule has 0 radical (unpaired) electrons. The molecule has 1 atom stereocenters. The summed E-state index contributed by atoms with van der Waals surface area (Å²) in [5.41, 5.74) is -0.210. The third kappa shape index (κ3) is 4.36. The lowest BCUT2D eigenvalue weighted by Crippen LogP contribution is -2.21. The largest absolute Gasteiger partial charge is 0.491 e. The van der Waals surface area contributed by atoms with Gasteiger partial charge < -0.3 is 20.1 Å². The Labute approximate surface area is 118 Å². The maximum absolute atomic E-state index is 10.6. The molecule has 0 fully saturated rings. The highest BCUT2D eigenvalue weighted by molar-refractivity contribution is 5.79. The van der Waals surface area contributed by atoms with E-state index in [0.717, 1.165) is 6.08 Å². The lowest BCUT2D eigenvalue weighted by molar-refractivity contribution is -0.131. The van der Waals surface area contributed by atoms with Crippen LogP contribution in [-0.2, 0) is 4.79 Å². The molecule has 0 aliphatic heterocycles. The third-order valence-corrected chi connectivity index (χ3v) is 2.92. The zero-order chi connectivity index (χ0) is 15.2. The van der Waals surface area contributed by atoms with Crippen molar-refractivity contribution >= 4 is 5.97 Å². The molecule has 0 spiro atoms. The number of hydrogen-bond acceptors (Lipinski definition) is 4. The second-order valence-corrected chi connectivity index (χ2v) is 5.01. The second-order valence-electron chi connectivity index (χ2n) is 5.01. The number of para-hydroxylation sites is 1. The molecule has 0 aliphatic carbocycles. The first-order valence-corrected chi connectivity index (χ1v) is 6.31. The van der Waals surface area contributed by atoms with Crippen molar-refractivity contribution in [3.8, 4) is 5.75 Å². The fourth-order valence-corrected chi connectivity index (χ4v) is 1.77. The van der Waals surface area contributed by atoms with Crippen LogP contribution in [0.1, 0.15) is 25.5 Å². The molecule has 0 saturated carbocycles. The SMILES string of the molecule is CC(C)(/C=C/C(=O)O)[C@@H](O)c1ccccc1OCCO. The van der Waals surface area contributed by atoms with Gasteiger partial charge in [0.25, 0.3) is 0 Å². The molecule has 0 amide bonds. The molecule has 0 aromatic heterocycles. The predicted molar refractivity (Wildman–Crippen MR) is 74.5 cm³/mol. The minimum atomic E-state index is -1.06. The minimum absolute atomic E-state index is 0.118. The summed E-state index contributed by atoms with van der Waals surface area (Å²) in [7, 11) is 0. The van der Waals surface area contributed by atoms with Gasteiger partial charge in [0, 0.05) is 17.1 Å². The van der Waals surface area contributed by atoms with Crippen molar-refractivity contribution in [2.24, 2.45) is 5.41 Å². The summed E-state index contributed by atoms with van der Waals surface area (Å²) < 4.78 is 5.38. The van der Waals surface area contributed by atoms with Crippen LogP contribution in [0.4, 0.5) is 0 Å². The van der Waals surface area contributed by atoms with Gasteiger partial charge in [0.2, 0.25) is 0 Å². The molecule has 0 unspecified atom stereocenters. The van der Waals surface area contributed by atoms with Gasteiger partial charge >= 0.3 is 5.97 Å². The Bertz CT molecular complexity index is 479. The molecular weight excluding hydrogens is 260 g/mol. The number of carboxylic acid groups (broad SMARTS) is 1. The molecule has 5 heteroatoms. The van der Waals surface area contributed by atoms with Crippen molar-refractivity contribution in [3.63, 3.8) is 0 Å². The van der Waals surface area contributed by atoms with E-state index in [0.29, 0.717) is 11.3 Å². The Morgan fingerprint density at radius 2 is 2.05 bits per heavy atom. The van der Waals surface area contributed by atoms with Gasteiger partial charge in [0.15, 0.2) is 0 Å². The summed E-state index contributed by atoms with van der Waals surface area (Å²) in [5, 5.41) is 27.9. The Morgan fingerprint density at radius 3 is 2.65 bits per heavy atom. The fraction of sp³-hybridized carbons (Fsp3) is 0.400. The van der Waals surface area contributed by atoms with E-state index < -0.39 is 17.5 Å². The van der Waals surface area contributed by atoms with Crippen LogP contribution in [0.15, 0.2) is 36.4 Å². The van der Waals surface area contributed by atoms with Gasteiger partial charge in [-0.15, -0.1) is 0 Å². The number of carboxylic acids is 1. The van der Waals surface area contributed by atoms with E-state index in [9.17, 15) is 9.90 Å². The van der Waals surface area contributed by atoms with Gasteiger partial charge in [-0.2, -0.15) is 0 Å². The molecule has 0 aliphatic rings. The lowest BCUT2D eigenvalue weighted by Gasteiger charge is -2.28. The summed E-state index contributed by atoms with van der Waals surface area (Å²) in [6, 6.07) is 6.95. The zero-order valence-electron chi connectivity index (χ0n) is 11.6. The highest BCUT2D eigenvalue weighted by atomic mass is 16.5. The number of benzene rings is 1. The first kappa shape index (κ1) is 16.2. The first-order chi connectivity index (χ1) is 9.38. The van der Waals surface area contributed by atoms with E-state index >= 15 is 0 Å². The summed E-state index contributed by atoms with van der Waals surface area (Å²) in [6.07, 6.45) is 1.54. The van der Waals surface area contributed by atoms with Crippen LogP contribution in [0.2, 0.25) is 0 Å². The monoisotopic (exact) mass is 280 g/mol. The van der Waals surface area contributed by atoms with Crippen molar-refractivity contribution in [3.05, 3.63) is 42.0 Å². The number of rotatable bonds is 7. The van der Waals surface area contributed by atoms with E-state index in [1.54, 1.807) is 38.1 Å². The van der Waals surface area contributed by atoms with Crippen molar-refractivity contribution in [2.45, 2.75) is 20.0 Å². The zero-order valence-corrected chi connectivity index (χ0v) is 11.6. The molecule has 3 N–H and O–H groups in total. The van der Waals surface area contributed by atoms with Gasteiger partial charge in [-0.05, 0) is 6.07 Å². The number of aliphatic carboxylic acids is 1. The van der Waals surface area contributed by atoms with Crippen LogP contribution in [0, 0.1) is 5.41 Å². The van der Waals surface area contributed by atoms with Crippen LogP contribution in [0.3, 0.4) is 0 Å².